The molecule has 4 N–H and O–H groups in total. The van der Waals surface area contributed by atoms with E-state index in [0.29, 0.717) is 27.1 Å². The number of hydrogen-bond donors (Lipinski definition) is 3. The molecule has 0 aliphatic heterocycles. The number of anilines is 1. The van der Waals surface area contributed by atoms with Gasteiger partial charge in [0.15, 0.2) is 0 Å². The van der Waals surface area contributed by atoms with Gasteiger partial charge in [-0.2, -0.15) is 0 Å². The first-order chi connectivity index (χ1) is 15.4. The Kier molecular flexibility index (Phi) is 8.95. The van der Waals surface area contributed by atoms with E-state index in [4.69, 9.17) is 28.3 Å². The van der Waals surface area contributed by atoms with Gasteiger partial charge in [0.05, 0.1) is 30.0 Å². The maximum absolute atomic E-state index is 12.9. The quantitative estimate of drug-likeness (QED) is 0.435. The zero-order chi connectivity index (χ0) is 23.1. The molecule has 0 fully saturated rings. The molecule has 6 nitrogen and oxygen atoms in total. The van der Waals surface area contributed by atoms with Crippen LogP contribution in [0.4, 0.5) is 5.69 Å². The van der Waals surface area contributed by atoms with Crippen molar-refractivity contribution in [2.24, 2.45) is 9.54 Å². The molecule has 1 aliphatic rings. The molecule has 1 aliphatic carbocycles. The topological polar surface area (TPSA) is 96.6 Å². The van der Waals surface area contributed by atoms with Crippen molar-refractivity contribution >= 4 is 63.6 Å². The summed E-state index contributed by atoms with van der Waals surface area (Å²) in [6.45, 7) is 2.22. The van der Waals surface area contributed by atoms with Crippen molar-refractivity contribution in [3.05, 3.63) is 86.3 Å². The minimum absolute atomic E-state index is 0.125. The number of benzene rings is 2. The highest BCUT2D eigenvalue weighted by Crippen LogP contribution is 2.24. The van der Waals surface area contributed by atoms with Gasteiger partial charge < -0.3 is 10.0 Å². The molecule has 0 saturated carbocycles. The zero-order valence-corrected chi connectivity index (χ0v) is 20.4. The van der Waals surface area contributed by atoms with Crippen LogP contribution in [-0.4, -0.2) is 15.8 Å². The van der Waals surface area contributed by atoms with E-state index in [0.717, 1.165) is 34.5 Å². The summed E-state index contributed by atoms with van der Waals surface area (Å²) in [5.41, 5.74) is 3.89. The molecule has 1 amide bonds. The molecule has 1 unspecified atom stereocenters. The van der Waals surface area contributed by atoms with Crippen molar-refractivity contribution in [3.63, 3.8) is 0 Å². The Morgan fingerprint density at radius 2 is 2.00 bits per heavy atom. The summed E-state index contributed by atoms with van der Waals surface area (Å²) < 4.78 is 20.1. The van der Waals surface area contributed by atoms with Crippen LogP contribution in [0.1, 0.15) is 23.1 Å². The molecule has 10 heteroatoms. The molecule has 2 aromatic rings. The van der Waals surface area contributed by atoms with E-state index >= 15 is 0 Å². The molecular weight excluding hydrogens is 487 g/mol. The number of halogens is 2. The number of nitrogens with zero attached hydrogens (tertiary/aromatic N) is 1. The number of carbonyl (C=O) groups excluding carboxylic acids is 1. The fourth-order valence-corrected chi connectivity index (χ4v) is 4.76. The van der Waals surface area contributed by atoms with Gasteiger partial charge in [0.1, 0.15) is 11.0 Å². The summed E-state index contributed by atoms with van der Waals surface area (Å²) in [6.07, 6.45) is 5.97. The normalized spacial score (nSPS) is 15.4. The lowest BCUT2D eigenvalue weighted by atomic mass is 10.1. The average Bonchev–Trinajstić information content (AvgIpc) is 2.75. The highest BCUT2D eigenvalue weighted by atomic mass is 35.5. The predicted octanol–water partition coefficient (Wildman–Crippen LogP) is 5.04. The minimum atomic E-state index is -1.49. The molecule has 0 aromatic heterocycles. The number of rotatable bonds is 8. The van der Waals surface area contributed by atoms with Crippen molar-refractivity contribution in [2.45, 2.75) is 26.3 Å². The summed E-state index contributed by atoms with van der Waals surface area (Å²) in [6, 6.07) is 10.8. The monoisotopic (exact) mass is 508 g/mol. The Morgan fingerprint density at radius 1 is 1.22 bits per heavy atom. The first-order valence-electron chi connectivity index (χ1n) is 9.64. The molecule has 2 aromatic carbocycles. The fourth-order valence-electron chi connectivity index (χ4n) is 3.02. The average molecular weight is 509 g/mol. The lowest BCUT2D eigenvalue weighted by Gasteiger charge is -2.15. The number of aryl methyl sites for hydroxylation is 1. The van der Waals surface area contributed by atoms with Crippen molar-refractivity contribution < 1.29 is 9.00 Å². The SMILES string of the molecule is Cc1ccc(CC(=O)NCc2ccc(Cl)cc2Cl)c(NS(=O)C2=CC=C/C(=N/SN)C2)c1. The maximum atomic E-state index is 12.9. The first kappa shape index (κ1) is 24.5. The van der Waals surface area contributed by atoms with Gasteiger partial charge in [0, 0.05) is 27.9 Å². The van der Waals surface area contributed by atoms with Gasteiger partial charge >= 0.3 is 0 Å². The summed E-state index contributed by atoms with van der Waals surface area (Å²) >= 11 is 13.0. The Balaban J connectivity index is 1.67. The Bertz CT molecular complexity index is 1130. The summed E-state index contributed by atoms with van der Waals surface area (Å²) in [7, 11) is -1.49. The highest BCUT2D eigenvalue weighted by Gasteiger charge is 2.16. The third kappa shape index (κ3) is 6.95. The second kappa shape index (κ2) is 11.7. The van der Waals surface area contributed by atoms with Crippen LogP contribution in [0.5, 0.6) is 0 Å². The number of hydrogen-bond acceptors (Lipinski definition) is 5. The molecule has 3 rings (SSSR count). The number of carbonyl (C=O) groups is 1. The second-order valence-electron chi connectivity index (χ2n) is 7.08. The smallest absolute Gasteiger partial charge is 0.224 e. The van der Waals surface area contributed by atoms with Crippen molar-refractivity contribution in [1.29, 1.82) is 0 Å². The van der Waals surface area contributed by atoms with Crippen LogP contribution in [0, 0.1) is 6.92 Å². The molecule has 0 radical (unpaired) electrons. The van der Waals surface area contributed by atoms with E-state index in [1.54, 1.807) is 30.4 Å². The van der Waals surface area contributed by atoms with Crippen LogP contribution in [0.3, 0.4) is 0 Å². The Labute approximate surface area is 204 Å². The first-order valence-corrected chi connectivity index (χ1v) is 12.4. The predicted molar refractivity (Wildman–Crippen MR) is 136 cm³/mol. The zero-order valence-electron chi connectivity index (χ0n) is 17.2. The lowest BCUT2D eigenvalue weighted by molar-refractivity contribution is -0.120. The summed E-state index contributed by atoms with van der Waals surface area (Å²) in [5, 5.41) is 9.30. The molecular formula is C22H22Cl2N4O2S2. The van der Waals surface area contributed by atoms with E-state index in [9.17, 15) is 9.00 Å². The largest absolute Gasteiger partial charge is 0.352 e. The number of amides is 1. The molecule has 0 heterocycles. The van der Waals surface area contributed by atoms with Crippen LogP contribution in [0.25, 0.3) is 0 Å². The third-order valence-corrected chi connectivity index (χ3v) is 6.73. The van der Waals surface area contributed by atoms with Crippen molar-refractivity contribution in [2.75, 3.05) is 4.72 Å². The van der Waals surface area contributed by atoms with E-state index in [1.165, 1.54) is 0 Å². The molecule has 0 bridgehead atoms. The highest BCUT2D eigenvalue weighted by molar-refractivity contribution is 7.95. The van der Waals surface area contributed by atoms with Crippen molar-refractivity contribution in [3.8, 4) is 0 Å². The van der Waals surface area contributed by atoms with Gasteiger partial charge in [-0.3, -0.25) is 9.93 Å². The molecule has 0 spiro atoms. The molecule has 168 valence electrons. The van der Waals surface area contributed by atoms with Gasteiger partial charge in [0.25, 0.3) is 0 Å². The Hall–Kier alpha value is -2.10. The van der Waals surface area contributed by atoms with Gasteiger partial charge in [-0.1, -0.05) is 47.5 Å². The van der Waals surface area contributed by atoms with E-state index < -0.39 is 11.0 Å². The Morgan fingerprint density at radius 3 is 2.75 bits per heavy atom. The molecule has 0 saturated heterocycles. The van der Waals surface area contributed by atoms with Gasteiger partial charge in [-0.05, 0) is 54.0 Å². The van der Waals surface area contributed by atoms with Crippen LogP contribution in [0.2, 0.25) is 10.0 Å². The molecule has 32 heavy (non-hydrogen) atoms. The maximum Gasteiger partial charge on any atom is 0.224 e. The van der Waals surface area contributed by atoms with Gasteiger partial charge in [0.2, 0.25) is 5.91 Å². The number of nitrogens with one attached hydrogen (secondary N) is 2. The minimum Gasteiger partial charge on any atom is -0.352 e. The van der Waals surface area contributed by atoms with Crippen LogP contribution in [0.15, 0.2) is 63.9 Å². The van der Waals surface area contributed by atoms with Gasteiger partial charge in [-0.25, -0.2) is 8.61 Å². The number of nitrogens with two attached hydrogens (primary N) is 1. The summed E-state index contributed by atoms with van der Waals surface area (Å²) in [5.74, 6) is -0.178. The second-order valence-corrected chi connectivity index (χ2v) is 9.58. The van der Waals surface area contributed by atoms with E-state index in [2.05, 4.69) is 14.4 Å². The standard InChI is InChI=1S/C22H22Cl2N4O2S2/c1-14-5-6-15(10-22(29)26-13-16-7-8-17(23)11-20(16)24)21(9-14)28-32(30)19-4-2-3-18(12-19)27-31-25/h2-9,11,28H,10,12-13,25H2,1H3,(H,26,29)/b27-18-. The summed E-state index contributed by atoms with van der Waals surface area (Å²) in [4.78, 5) is 13.2. The lowest BCUT2D eigenvalue weighted by Crippen LogP contribution is -2.25. The molecule has 1 atom stereocenters. The van der Waals surface area contributed by atoms with Crippen LogP contribution in [-0.2, 0) is 28.7 Å². The van der Waals surface area contributed by atoms with E-state index in [1.807, 2.05) is 31.2 Å². The van der Waals surface area contributed by atoms with Crippen LogP contribution >= 0.6 is 35.3 Å². The van der Waals surface area contributed by atoms with Crippen molar-refractivity contribution in [1.82, 2.24) is 5.32 Å². The van der Waals surface area contributed by atoms with Crippen LogP contribution < -0.4 is 15.2 Å². The fraction of sp³-hybridized carbons (Fsp3) is 0.182. The third-order valence-electron chi connectivity index (χ3n) is 4.64. The number of allylic oxidation sites excluding steroid dienone is 4. The van der Waals surface area contributed by atoms with E-state index in [-0.39, 0.29) is 18.9 Å². The van der Waals surface area contributed by atoms with Gasteiger partial charge in [-0.15, -0.1) is 0 Å².